The number of unbranched alkanes of at least 4 members (excludes halogenated alkanes) is 6. The molecule has 0 amide bonds. The van der Waals surface area contributed by atoms with Gasteiger partial charge in [-0.05, 0) is 37.0 Å². The molecule has 1 nitrogen and oxygen atoms in total. The van der Waals surface area contributed by atoms with Gasteiger partial charge in [-0.15, -0.1) is 0 Å². The van der Waals surface area contributed by atoms with Crippen molar-refractivity contribution in [2.75, 3.05) is 6.61 Å². The smallest absolute Gasteiger partial charge is 0.119 e. The molecule has 0 aromatic heterocycles. The van der Waals surface area contributed by atoms with Crippen molar-refractivity contribution in [3.63, 3.8) is 0 Å². The standard InChI is InChI=1S/C18H30O/c1-3-5-7-8-9-10-16-19-18-14-12-17(13-15-18)11-6-4-2/h12-15H,3-11,16H2,1-2H3. The average Bonchev–Trinajstić information content (AvgIpc) is 2.45. The first-order valence-corrected chi connectivity index (χ1v) is 8.08. The van der Waals surface area contributed by atoms with Crippen LogP contribution in [0.3, 0.4) is 0 Å². The van der Waals surface area contributed by atoms with Crippen LogP contribution in [-0.2, 0) is 6.42 Å². The van der Waals surface area contributed by atoms with Crippen LogP contribution in [0.2, 0.25) is 0 Å². The van der Waals surface area contributed by atoms with E-state index in [1.54, 1.807) is 0 Å². The van der Waals surface area contributed by atoms with Crippen LogP contribution in [0.1, 0.15) is 70.8 Å². The van der Waals surface area contributed by atoms with E-state index in [1.165, 1.54) is 63.4 Å². The zero-order valence-electron chi connectivity index (χ0n) is 12.8. The third kappa shape index (κ3) is 7.92. The molecule has 1 aromatic carbocycles. The zero-order valence-corrected chi connectivity index (χ0v) is 12.8. The highest BCUT2D eigenvalue weighted by atomic mass is 16.5. The second kappa shape index (κ2) is 10.9. The molecule has 1 aromatic rings. The minimum absolute atomic E-state index is 0.862. The molecule has 0 radical (unpaired) electrons. The van der Waals surface area contributed by atoms with E-state index in [2.05, 4.69) is 38.1 Å². The molecular formula is C18H30O. The minimum Gasteiger partial charge on any atom is -0.494 e. The van der Waals surface area contributed by atoms with Crippen molar-refractivity contribution < 1.29 is 4.74 Å². The Labute approximate surface area is 119 Å². The first-order valence-electron chi connectivity index (χ1n) is 8.08. The number of rotatable bonds is 11. The predicted molar refractivity (Wildman–Crippen MR) is 83.9 cm³/mol. The molecule has 1 heteroatoms. The minimum atomic E-state index is 0.862. The largest absolute Gasteiger partial charge is 0.494 e. The third-order valence-electron chi connectivity index (χ3n) is 3.51. The Kier molecular flexibility index (Phi) is 9.22. The molecule has 1 rings (SSSR count). The Morgan fingerprint density at radius 2 is 1.37 bits per heavy atom. The second-order valence-corrected chi connectivity index (χ2v) is 5.36. The molecule has 0 aliphatic heterocycles. The van der Waals surface area contributed by atoms with Crippen molar-refractivity contribution in [2.45, 2.75) is 71.6 Å². The van der Waals surface area contributed by atoms with Crippen LogP contribution in [0.5, 0.6) is 5.75 Å². The normalized spacial score (nSPS) is 10.6. The fourth-order valence-electron chi connectivity index (χ4n) is 2.21. The van der Waals surface area contributed by atoms with Gasteiger partial charge in [-0.2, -0.15) is 0 Å². The van der Waals surface area contributed by atoms with E-state index in [1.807, 2.05) is 0 Å². The summed E-state index contributed by atoms with van der Waals surface area (Å²) in [6.07, 6.45) is 11.6. The zero-order chi connectivity index (χ0) is 13.8. The first-order chi connectivity index (χ1) is 9.36. The SMILES string of the molecule is CCCCCCCCOc1ccc(CCCC)cc1. The van der Waals surface area contributed by atoms with E-state index in [0.717, 1.165) is 12.4 Å². The van der Waals surface area contributed by atoms with Gasteiger partial charge in [0.25, 0.3) is 0 Å². The maximum atomic E-state index is 5.77. The molecule has 108 valence electrons. The molecule has 0 bridgehead atoms. The lowest BCUT2D eigenvalue weighted by Crippen LogP contribution is -1.97. The molecule has 0 aliphatic carbocycles. The van der Waals surface area contributed by atoms with Gasteiger partial charge < -0.3 is 4.74 Å². The summed E-state index contributed by atoms with van der Waals surface area (Å²) in [4.78, 5) is 0. The number of hydrogen-bond donors (Lipinski definition) is 0. The number of hydrogen-bond acceptors (Lipinski definition) is 1. The molecule has 0 fully saturated rings. The summed E-state index contributed by atoms with van der Waals surface area (Å²) >= 11 is 0. The Morgan fingerprint density at radius 1 is 0.737 bits per heavy atom. The summed E-state index contributed by atoms with van der Waals surface area (Å²) in [6, 6.07) is 8.63. The van der Waals surface area contributed by atoms with Crippen LogP contribution in [0.25, 0.3) is 0 Å². The van der Waals surface area contributed by atoms with Crippen molar-refractivity contribution >= 4 is 0 Å². The van der Waals surface area contributed by atoms with Gasteiger partial charge in [-0.3, -0.25) is 0 Å². The monoisotopic (exact) mass is 262 g/mol. The number of ether oxygens (including phenoxy) is 1. The van der Waals surface area contributed by atoms with Crippen LogP contribution >= 0.6 is 0 Å². The summed E-state index contributed by atoms with van der Waals surface area (Å²) in [5.41, 5.74) is 1.42. The summed E-state index contributed by atoms with van der Waals surface area (Å²) in [5, 5.41) is 0. The van der Waals surface area contributed by atoms with Crippen molar-refractivity contribution in [1.82, 2.24) is 0 Å². The highest BCUT2D eigenvalue weighted by Gasteiger charge is 1.96. The van der Waals surface area contributed by atoms with Gasteiger partial charge in [0.2, 0.25) is 0 Å². The lowest BCUT2D eigenvalue weighted by atomic mass is 10.1. The highest BCUT2D eigenvalue weighted by molar-refractivity contribution is 5.27. The fraction of sp³-hybridized carbons (Fsp3) is 0.667. The Balaban J connectivity index is 2.09. The maximum absolute atomic E-state index is 5.77. The van der Waals surface area contributed by atoms with Gasteiger partial charge in [0.05, 0.1) is 6.61 Å². The summed E-state index contributed by atoms with van der Waals surface area (Å²) in [7, 11) is 0. The Morgan fingerprint density at radius 3 is 2.05 bits per heavy atom. The summed E-state index contributed by atoms with van der Waals surface area (Å²) < 4.78 is 5.77. The Hall–Kier alpha value is -0.980. The first kappa shape index (κ1) is 16.1. The molecular weight excluding hydrogens is 232 g/mol. The van der Waals surface area contributed by atoms with Crippen molar-refractivity contribution in [3.05, 3.63) is 29.8 Å². The van der Waals surface area contributed by atoms with E-state index in [4.69, 9.17) is 4.74 Å². The molecule has 0 saturated heterocycles. The summed E-state index contributed by atoms with van der Waals surface area (Å²) in [6.45, 7) is 5.35. The van der Waals surface area contributed by atoms with Crippen LogP contribution in [0.4, 0.5) is 0 Å². The maximum Gasteiger partial charge on any atom is 0.119 e. The molecule has 0 aliphatic rings. The van der Waals surface area contributed by atoms with Crippen molar-refractivity contribution in [3.8, 4) is 5.75 Å². The topological polar surface area (TPSA) is 9.23 Å². The molecule has 0 atom stereocenters. The quantitative estimate of drug-likeness (QED) is 0.460. The number of benzene rings is 1. The van der Waals surface area contributed by atoms with Crippen molar-refractivity contribution in [1.29, 1.82) is 0 Å². The molecule has 19 heavy (non-hydrogen) atoms. The van der Waals surface area contributed by atoms with Gasteiger partial charge in [-0.25, -0.2) is 0 Å². The van der Waals surface area contributed by atoms with E-state index in [-0.39, 0.29) is 0 Å². The molecule has 0 unspecified atom stereocenters. The van der Waals surface area contributed by atoms with Crippen LogP contribution < -0.4 is 4.74 Å². The second-order valence-electron chi connectivity index (χ2n) is 5.36. The third-order valence-corrected chi connectivity index (χ3v) is 3.51. The highest BCUT2D eigenvalue weighted by Crippen LogP contribution is 2.14. The van der Waals surface area contributed by atoms with Crippen LogP contribution in [0, 0.1) is 0 Å². The van der Waals surface area contributed by atoms with E-state index >= 15 is 0 Å². The van der Waals surface area contributed by atoms with E-state index < -0.39 is 0 Å². The molecule has 0 saturated carbocycles. The van der Waals surface area contributed by atoms with Gasteiger partial charge in [0.15, 0.2) is 0 Å². The van der Waals surface area contributed by atoms with Crippen LogP contribution in [0.15, 0.2) is 24.3 Å². The van der Waals surface area contributed by atoms with Crippen molar-refractivity contribution in [2.24, 2.45) is 0 Å². The summed E-state index contributed by atoms with van der Waals surface area (Å²) in [5.74, 6) is 1.02. The molecule has 0 spiro atoms. The fourth-order valence-corrected chi connectivity index (χ4v) is 2.21. The van der Waals surface area contributed by atoms with Crippen LogP contribution in [-0.4, -0.2) is 6.61 Å². The number of aryl methyl sites for hydroxylation is 1. The van der Waals surface area contributed by atoms with E-state index in [0.29, 0.717) is 0 Å². The van der Waals surface area contributed by atoms with E-state index in [9.17, 15) is 0 Å². The average molecular weight is 262 g/mol. The van der Waals surface area contributed by atoms with Gasteiger partial charge in [0, 0.05) is 0 Å². The van der Waals surface area contributed by atoms with Gasteiger partial charge in [0.1, 0.15) is 5.75 Å². The predicted octanol–water partition coefficient (Wildman–Crippen LogP) is 5.77. The lowest BCUT2D eigenvalue weighted by Gasteiger charge is -2.07. The molecule has 0 heterocycles. The Bertz CT molecular complexity index is 302. The van der Waals surface area contributed by atoms with Gasteiger partial charge >= 0.3 is 0 Å². The molecule has 0 N–H and O–H groups in total. The van der Waals surface area contributed by atoms with Gasteiger partial charge in [-0.1, -0.05) is 64.5 Å². The lowest BCUT2D eigenvalue weighted by molar-refractivity contribution is 0.304.